The summed E-state index contributed by atoms with van der Waals surface area (Å²) in [6.45, 7) is 9.17. The molecule has 1 atom stereocenters. The number of rotatable bonds is 6. The van der Waals surface area contributed by atoms with E-state index < -0.39 is 10.0 Å². The van der Waals surface area contributed by atoms with Gasteiger partial charge in [0.1, 0.15) is 4.90 Å². The van der Waals surface area contributed by atoms with Gasteiger partial charge in [-0.25, -0.2) is 8.42 Å². The normalized spacial score (nSPS) is 22.3. The van der Waals surface area contributed by atoms with Crippen LogP contribution in [-0.4, -0.2) is 79.4 Å². The van der Waals surface area contributed by atoms with Crippen LogP contribution in [0.5, 0.6) is 0 Å². The van der Waals surface area contributed by atoms with E-state index in [4.69, 9.17) is 9.47 Å². The Balaban J connectivity index is 1.75. The highest BCUT2D eigenvalue weighted by atomic mass is 32.2. The van der Waals surface area contributed by atoms with E-state index in [-0.39, 0.29) is 16.8 Å². The lowest BCUT2D eigenvalue weighted by Gasteiger charge is -2.31. The van der Waals surface area contributed by atoms with Crippen LogP contribution in [0, 0.1) is 19.8 Å². The fourth-order valence-corrected chi connectivity index (χ4v) is 5.71. The number of aryl methyl sites for hydroxylation is 1. The van der Waals surface area contributed by atoms with Crippen molar-refractivity contribution < 1.29 is 22.7 Å². The highest BCUT2D eigenvalue weighted by Crippen LogP contribution is 2.25. The monoisotopic (exact) mass is 414 g/mol. The number of hydrogen-bond donors (Lipinski definition) is 0. The zero-order valence-electron chi connectivity index (χ0n) is 16.9. The second-order valence-electron chi connectivity index (χ2n) is 7.33. The minimum absolute atomic E-state index is 0.137. The van der Waals surface area contributed by atoms with Gasteiger partial charge in [0.15, 0.2) is 0 Å². The molecule has 10 heteroatoms. The third-order valence-electron chi connectivity index (χ3n) is 5.34. The number of aromatic nitrogens is 2. The number of carbonyl (C=O) groups is 1. The zero-order chi connectivity index (χ0) is 20.3. The van der Waals surface area contributed by atoms with E-state index >= 15 is 0 Å². The molecule has 0 aliphatic carbocycles. The van der Waals surface area contributed by atoms with Gasteiger partial charge in [-0.15, -0.1) is 0 Å². The molecule has 0 N–H and O–H groups in total. The molecule has 2 fully saturated rings. The highest BCUT2D eigenvalue weighted by Gasteiger charge is 2.33. The predicted octanol–water partition coefficient (Wildman–Crippen LogP) is 0.753. The molecule has 0 aromatic carbocycles. The number of hydrogen-bond acceptors (Lipinski definition) is 7. The number of likely N-dealkylation sites (tertiary alicyclic amines) is 1. The maximum Gasteiger partial charge on any atom is 0.310 e. The summed E-state index contributed by atoms with van der Waals surface area (Å²) in [5, 5.41) is 4.49. The van der Waals surface area contributed by atoms with Crippen molar-refractivity contribution in [2.45, 2.75) is 45.2 Å². The van der Waals surface area contributed by atoms with Crippen LogP contribution in [0.15, 0.2) is 4.90 Å². The van der Waals surface area contributed by atoms with E-state index in [0.29, 0.717) is 57.5 Å². The van der Waals surface area contributed by atoms with Crippen LogP contribution in [-0.2, 0) is 31.0 Å². The fourth-order valence-electron chi connectivity index (χ4n) is 3.93. The Bertz CT molecular complexity index is 801. The minimum atomic E-state index is -3.60. The Morgan fingerprint density at radius 1 is 1.25 bits per heavy atom. The van der Waals surface area contributed by atoms with Crippen LogP contribution in [0.3, 0.4) is 0 Å². The quantitative estimate of drug-likeness (QED) is 0.634. The lowest BCUT2D eigenvalue weighted by Crippen LogP contribution is -2.41. The van der Waals surface area contributed by atoms with Gasteiger partial charge in [-0.2, -0.15) is 9.40 Å². The summed E-state index contributed by atoms with van der Waals surface area (Å²) in [7, 11) is -3.60. The van der Waals surface area contributed by atoms with Crippen molar-refractivity contribution >= 4 is 16.0 Å². The topological polar surface area (TPSA) is 94.0 Å². The second kappa shape index (κ2) is 8.89. The first kappa shape index (κ1) is 21.2. The maximum absolute atomic E-state index is 13.1. The van der Waals surface area contributed by atoms with Gasteiger partial charge in [-0.1, -0.05) is 0 Å². The molecule has 0 radical (unpaired) electrons. The fraction of sp³-hybridized carbons (Fsp3) is 0.778. The average Bonchev–Trinajstić information content (AvgIpc) is 2.96. The number of esters is 1. The Morgan fingerprint density at radius 3 is 2.64 bits per heavy atom. The van der Waals surface area contributed by atoms with E-state index in [1.54, 1.807) is 18.5 Å². The molecule has 0 amide bonds. The largest absolute Gasteiger partial charge is 0.466 e. The van der Waals surface area contributed by atoms with Crippen molar-refractivity contribution in [3.05, 3.63) is 11.4 Å². The van der Waals surface area contributed by atoms with E-state index in [1.807, 2.05) is 6.92 Å². The van der Waals surface area contributed by atoms with Crippen molar-refractivity contribution in [2.24, 2.45) is 5.92 Å². The van der Waals surface area contributed by atoms with Gasteiger partial charge in [0.05, 0.1) is 43.8 Å². The second-order valence-corrected chi connectivity index (χ2v) is 9.20. The van der Waals surface area contributed by atoms with Gasteiger partial charge in [0, 0.05) is 19.6 Å². The summed E-state index contributed by atoms with van der Waals surface area (Å²) in [5.74, 6) is -0.293. The highest BCUT2D eigenvalue weighted by molar-refractivity contribution is 7.89. The van der Waals surface area contributed by atoms with Crippen LogP contribution >= 0.6 is 0 Å². The molecule has 158 valence electrons. The molecule has 28 heavy (non-hydrogen) atoms. The molecule has 2 aliphatic rings. The molecule has 3 rings (SSSR count). The van der Waals surface area contributed by atoms with Gasteiger partial charge in [-0.05, 0) is 40.2 Å². The van der Waals surface area contributed by atoms with Gasteiger partial charge < -0.3 is 9.47 Å². The molecule has 2 saturated heterocycles. The summed E-state index contributed by atoms with van der Waals surface area (Å²) in [6.07, 6.45) is 1.73. The van der Waals surface area contributed by atoms with Crippen molar-refractivity contribution in [1.82, 2.24) is 19.0 Å². The summed E-state index contributed by atoms with van der Waals surface area (Å²) < 4.78 is 39.8. The summed E-state index contributed by atoms with van der Waals surface area (Å²) in [5.41, 5.74) is 1.13. The van der Waals surface area contributed by atoms with Crippen LogP contribution in [0.1, 0.15) is 31.2 Å². The predicted molar refractivity (Wildman–Crippen MR) is 102 cm³/mol. The summed E-state index contributed by atoms with van der Waals surface area (Å²) >= 11 is 0. The molecule has 0 bridgehead atoms. The number of morpholine rings is 1. The molecule has 9 nitrogen and oxygen atoms in total. The first-order valence-electron chi connectivity index (χ1n) is 9.85. The molecule has 1 aromatic heterocycles. The van der Waals surface area contributed by atoms with Crippen molar-refractivity contribution in [1.29, 1.82) is 0 Å². The van der Waals surface area contributed by atoms with Crippen LogP contribution in [0.2, 0.25) is 0 Å². The number of nitrogens with zero attached hydrogens (tertiary/aromatic N) is 4. The lowest BCUT2D eigenvalue weighted by atomic mass is 9.99. The molecule has 1 aromatic rings. The Kier molecular flexibility index (Phi) is 6.74. The standard InChI is InChI=1S/C18H30N4O5S/c1-4-27-18(23)16-6-5-7-20(12-16)13-22-15(3)17(14(2)19-22)28(24,25)21-8-10-26-11-9-21/h16H,4-13H2,1-3H3/t16-/m1/s1. The number of ether oxygens (including phenoxy) is 2. The van der Waals surface area contributed by atoms with Crippen molar-refractivity contribution in [3.8, 4) is 0 Å². The van der Waals surface area contributed by atoms with Crippen LogP contribution < -0.4 is 0 Å². The van der Waals surface area contributed by atoms with E-state index in [0.717, 1.165) is 19.4 Å². The molecule has 0 saturated carbocycles. The first-order valence-corrected chi connectivity index (χ1v) is 11.3. The van der Waals surface area contributed by atoms with E-state index in [1.165, 1.54) is 4.31 Å². The van der Waals surface area contributed by atoms with E-state index in [2.05, 4.69) is 10.00 Å². The third-order valence-corrected chi connectivity index (χ3v) is 7.49. The Hall–Kier alpha value is -1.49. The SMILES string of the molecule is CCOC(=O)[C@@H]1CCCN(Cn2nc(C)c(S(=O)(=O)N3CCOCC3)c2C)C1. The number of carbonyl (C=O) groups excluding carboxylic acids is 1. The average molecular weight is 415 g/mol. The van der Waals surface area contributed by atoms with Gasteiger partial charge >= 0.3 is 5.97 Å². The van der Waals surface area contributed by atoms with Crippen LogP contribution in [0.4, 0.5) is 0 Å². The minimum Gasteiger partial charge on any atom is -0.466 e. The van der Waals surface area contributed by atoms with Gasteiger partial charge in [0.2, 0.25) is 10.0 Å². The zero-order valence-corrected chi connectivity index (χ0v) is 17.7. The van der Waals surface area contributed by atoms with Crippen molar-refractivity contribution in [2.75, 3.05) is 46.0 Å². The molecule has 2 aliphatic heterocycles. The number of sulfonamides is 1. The van der Waals surface area contributed by atoms with Gasteiger partial charge in [-0.3, -0.25) is 14.4 Å². The number of piperidine rings is 1. The summed E-state index contributed by atoms with van der Waals surface area (Å²) in [6, 6.07) is 0. The lowest BCUT2D eigenvalue weighted by molar-refractivity contribution is -0.150. The van der Waals surface area contributed by atoms with Crippen LogP contribution in [0.25, 0.3) is 0 Å². The summed E-state index contributed by atoms with van der Waals surface area (Å²) in [4.78, 5) is 14.5. The Morgan fingerprint density at radius 2 is 1.96 bits per heavy atom. The Labute approximate surface area is 166 Å². The van der Waals surface area contributed by atoms with Crippen molar-refractivity contribution in [3.63, 3.8) is 0 Å². The molecular weight excluding hydrogens is 384 g/mol. The maximum atomic E-state index is 13.1. The first-order chi connectivity index (χ1) is 13.3. The van der Waals surface area contributed by atoms with Gasteiger partial charge in [0.25, 0.3) is 0 Å². The molecule has 3 heterocycles. The molecular formula is C18H30N4O5S. The third kappa shape index (κ3) is 4.40. The molecule has 0 spiro atoms. The smallest absolute Gasteiger partial charge is 0.310 e. The van der Waals surface area contributed by atoms with E-state index in [9.17, 15) is 13.2 Å². The molecule has 0 unspecified atom stereocenters.